The van der Waals surface area contributed by atoms with Gasteiger partial charge in [-0.05, 0) is 19.1 Å². The molecular formula is C11H9BrFNO. The molecule has 0 aliphatic heterocycles. The molecule has 0 heterocycles. The highest BCUT2D eigenvalue weighted by Gasteiger charge is 2.19. The predicted molar refractivity (Wildman–Crippen MR) is 57.8 cm³/mol. The molecular weight excluding hydrogens is 261 g/mol. The van der Waals surface area contributed by atoms with E-state index < -0.39 is 11.7 Å². The van der Waals surface area contributed by atoms with Crippen molar-refractivity contribution in [3.05, 3.63) is 34.1 Å². The molecule has 0 bridgehead atoms. The van der Waals surface area contributed by atoms with Gasteiger partial charge < -0.3 is 0 Å². The third kappa shape index (κ3) is 2.87. The van der Waals surface area contributed by atoms with Crippen LogP contribution in [0.3, 0.4) is 0 Å². The molecule has 1 aromatic carbocycles. The number of hydrogen-bond donors (Lipinski definition) is 0. The summed E-state index contributed by atoms with van der Waals surface area (Å²) in [6, 6.07) is 6.43. The van der Waals surface area contributed by atoms with Crippen molar-refractivity contribution in [3.8, 4) is 6.07 Å². The molecule has 1 rings (SSSR count). The van der Waals surface area contributed by atoms with Crippen LogP contribution in [0.1, 0.15) is 24.8 Å². The smallest absolute Gasteiger partial charge is 0.131 e. The zero-order valence-corrected chi connectivity index (χ0v) is 9.71. The van der Waals surface area contributed by atoms with Gasteiger partial charge in [-0.25, -0.2) is 4.39 Å². The third-order valence-corrected chi connectivity index (χ3v) is 2.69. The van der Waals surface area contributed by atoms with Crippen LogP contribution in [-0.2, 0) is 4.79 Å². The fourth-order valence-electron chi connectivity index (χ4n) is 1.34. The SMILES string of the molecule is CC(=O)CC(C#N)c1c(F)cccc1Br. The summed E-state index contributed by atoms with van der Waals surface area (Å²) < 4.78 is 14.0. The van der Waals surface area contributed by atoms with Crippen molar-refractivity contribution in [3.63, 3.8) is 0 Å². The van der Waals surface area contributed by atoms with E-state index in [2.05, 4.69) is 15.9 Å². The summed E-state index contributed by atoms with van der Waals surface area (Å²) in [6.45, 7) is 1.39. The van der Waals surface area contributed by atoms with Crippen molar-refractivity contribution in [2.45, 2.75) is 19.3 Å². The van der Waals surface area contributed by atoms with Crippen molar-refractivity contribution < 1.29 is 9.18 Å². The summed E-state index contributed by atoms with van der Waals surface area (Å²) in [5.74, 6) is -1.31. The first-order chi connectivity index (χ1) is 7.06. The number of benzene rings is 1. The number of hydrogen-bond acceptors (Lipinski definition) is 2. The molecule has 78 valence electrons. The van der Waals surface area contributed by atoms with E-state index >= 15 is 0 Å². The Bertz CT molecular complexity index is 405. The Labute approximate surface area is 95.8 Å². The standard InChI is InChI=1S/C11H9BrFNO/c1-7(15)5-8(6-14)11-9(12)3-2-4-10(11)13/h2-4,8H,5H2,1H3. The fourth-order valence-corrected chi connectivity index (χ4v) is 1.96. The molecule has 0 aliphatic carbocycles. The summed E-state index contributed by atoms with van der Waals surface area (Å²) >= 11 is 3.18. The maximum atomic E-state index is 13.4. The van der Waals surface area contributed by atoms with Crippen LogP contribution in [0.25, 0.3) is 0 Å². The van der Waals surface area contributed by atoms with E-state index in [0.717, 1.165) is 0 Å². The number of ketones is 1. The minimum absolute atomic E-state index is 0.0377. The molecule has 4 heteroatoms. The molecule has 0 aliphatic rings. The Hall–Kier alpha value is -1.21. The van der Waals surface area contributed by atoms with Crippen molar-refractivity contribution in [2.75, 3.05) is 0 Å². The number of Topliss-reactive ketones (excluding diaryl/α,β-unsaturated/α-hetero) is 1. The average Bonchev–Trinajstić information content (AvgIpc) is 2.15. The number of nitriles is 1. The van der Waals surface area contributed by atoms with Crippen molar-refractivity contribution in [1.82, 2.24) is 0 Å². The highest BCUT2D eigenvalue weighted by Crippen LogP contribution is 2.29. The van der Waals surface area contributed by atoms with Crippen LogP contribution in [0.4, 0.5) is 4.39 Å². The first-order valence-corrected chi connectivity index (χ1v) is 5.18. The highest BCUT2D eigenvalue weighted by atomic mass is 79.9. The molecule has 1 atom stereocenters. The minimum Gasteiger partial charge on any atom is -0.300 e. The van der Waals surface area contributed by atoms with Gasteiger partial charge in [0.05, 0.1) is 12.0 Å². The van der Waals surface area contributed by atoms with Gasteiger partial charge >= 0.3 is 0 Å². The summed E-state index contributed by atoms with van der Waals surface area (Å²) in [4.78, 5) is 10.9. The van der Waals surface area contributed by atoms with Gasteiger partial charge in [0.25, 0.3) is 0 Å². The van der Waals surface area contributed by atoms with E-state index in [1.54, 1.807) is 12.1 Å². The topological polar surface area (TPSA) is 40.9 Å². The van der Waals surface area contributed by atoms with Gasteiger partial charge in [-0.1, -0.05) is 22.0 Å². The van der Waals surface area contributed by atoms with Crippen molar-refractivity contribution in [1.29, 1.82) is 5.26 Å². The second-order valence-corrected chi connectivity index (χ2v) is 4.08. The van der Waals surface area contributed by atoms with E-state index in [4.69, 9.17) is 5.26 Å². The van der Waals surface area contributed by atoms with Gasteiger partial charge in [-0.15, -0.1) is 0 Å². The summed E-state index contributed by atoms with van der Waals surface area (Å²) in [7, 11) is 0. The summed E-state index contributed by atoms with van der Waals surface area (Å²) in [5.41, 5.74) is 0.259. The monoisotopic (exact) mass is 269 g/mol. The van der Waals surface area contributed by atoms with Gasteiger partial charge in [-0.2, -0.15) is 5.26 Å². The van der Waals surface area contributed by atoms with Crippen LogP contribution in [0.15, 0.2) is 22.7 Å². The van der Waals surface area contributed by atoms with Gasteiger partial charge in [0.2, 0.25) is 0 Å². The van der Waals surface area contributed by atoms with Crippen LogP contribution < -0.4 is 0 Å². The number of halogens is 2. The molecule has 1 unspecified atom stereocenters. The maximum absolute atomic E-state index is 13.4. The molecule has 1 aromatic rings. The Morgan fingerprint density at radius 1 is 1.67 bits per heavy atom. The van der Waals surface area contributed by atoms with E-state index in [1.807, 2.05) is 6.07 Å². The summed E-state index contributed by atoms with van der Waals surface area (Å²) in [6.07, 6.45) is 0.0377. The number of carbonyl (C=O) groups is 1. The average molecular weight is 270 g/mol. The largest absolute Gasteiger partial charge is 0.300 e. The Morgan fingerprint density at radius 2 is 2.33 bits per heavy atom. The Balaban J connectivity index is 3.13. The molecule has 0 spiro atoms. The first-order valence-electron chi connectivity index (χ1n) is 4.39. The molecule has 15 heavy (non-hydrogen) atoms. The summed E-state index contributed by atoms with van der Waals surface area (Å²) in [5, 5.41) is 8.89. The molecule has 0 aromatic heterocycles. The zero-order chi connectivity index (χ0) is 11.4. The van der Waals surface area contributed by atoms with Crippen LogP contribution in [0.2, 0.25) is 0 Å². The quantitative estimate of drug-likeness (QED) is 0.846. The van der Waals surface area contributed by atoms with Gasteiger partial charge in [0, 0.05) is 16.5 Å². The molecule has 0 saturated heterocycles. The lowest BCUT2D eigenvalue weighted by molar-refractivity contribution is -0.117. The maximum Gasteiger partial charge on any atom is 0.131 e. The van der Waals surface area contributed by atoms with Gasteiger partial charge in [0.1, 0.15) is 11.6 Å². The van der Waals surface area contributed by atoms with Gasteiger partial charge in [0.15, 0.2) is 0 Å². The van der Waals surface area contributed by atoms with Crippen LogP contribution in [-0.4, -0.2) is 5.78 Å². The normalized spacial score (nSPS) is 11.9. The Morgan fingerprint density at radius 3 is 2.80 bits per heavy atom. The van der Waals surface area contributed by atoms with Gasteiger partial charge in [-0.3, -0.25) is 4.79 Å². The lowest BCUT2D eigenvalue weighted by atomic mass is 9.95. The van der Waals surface area contributed by atoms with Crippen molar-refractivity contribution >= 4 is 21.7 Å². The van der Waals surface area contributed by atoms with Crippen LogP contribution in [0.5, 0.6) is 0 Å². The van der Waals surface area contributed by atoms with Crippen molar-refractivity contribution in [2.24, 2.45) is 0 Å². The highest BCUT2D eigenvalue weighted by molar-refractivity contribution is 9.10. The lowest BCUT2D eigenvalue weighted by Crippen LogP contribution is -2.05. The molecule has 0 amide bonds. The molecule has 0 fully saturated rings. The lowest BCUT2D eigenvalue weighted by Gasteiger charge is -2.10. The second kappa shape index (κ2) is 5.04. The zero-order valence-electron chi connectivity index (χ0n) is 8.13. The Kier molecular flexibility index (Phi) is 3.98. The number of rotatable bonds is 3. The third-order valence-electron chi connectivity index (χ3n) is 2.00. The predicted octanol–water partition coefficient (Wildman–Crippen LogP) is 3.17. The second-order valence-electron chi connectivity index (χ2n) is 3.22. The first kappa shape index (κ1) is 11.9. The van der Waals surface area contributed by atoms with E-state index in [-0.39, 0.29) is 17.8 Å². The fraction of sp³-hybridized carbons (Fsp3) is 0.273. The number of carbonyl (C=O) groups excluding carboxylic acids is 1. The van der Waals surface area contributed by atoms with Crippen LogP contribution in [0, 0.1) is 17.1 Å². The van der Waals surface area contributed by atoms with E-state index in [0.29, 0.717) is 4.47 Å². The van der Waals surface area contributed by atoms with E-state index in [9.17, 15) is 9.18 Å². The minimum atomic E-state index is -0.724. The molecule has 0 N–H and O–H groups in total. The molecule has 0 radical (unpaired) electrons. The molecule has 0 saturated carbocycles. The molecule has 2 nitrogen and oxygen atoms in total. The van der Waals surface area contributed by atoms with E-state index in [1.165, 1.54) is 13.0 Å². The number of nitrogens with zero attached hydrogens (tertiary/aromatic N) is 1. The van der Waals surface area contributed by atoms with Crippen LogP contribution >= 0.6 is 15.9 Å².